The Kier molecular flexibility index (Phi) is 6.12. The van der Waals surface area contributed by atoms with E-state index in [2.05, 4.69) is 5.32 Å². The largest absolute Gasteiger partial charge is 0.493 e. The van der Waals surface area contributed by atoms with Gasteiger partial charge in [0.15, 0.2) is 11.5 Å². The van der Waals surface area contributed by atoms with Crippen LogP contribution in [0.25, 0.3) is 0 Å². The van der Waals surface area contributed by atoms with Gasteiger partial charge < -0.3 is 24.6 Å². The van der Waals surface area contributed by atoms with Crippen molar-refractivity contribution in [2.45, 2.75) is 18.8 Å². The Hall–Kier alpha value is -3.33. The summed E-state index contributed by atoms with van der Waals surface area (Å²) in [5.41, 5.74) is -0.144. The Morgan fingerprint density at radius 1 is 1.20 bits per heavy atom. The number of aliphatic hydroxyl groups is 1. The van der Waals surface area contributed by atoms with E-state index in [1.807, 2.05) is 0 Å². The summed E-state index contributed by atoms with van der Waals surface area (Å²) >= 11 is 0. The highest BCUT2D eigenvalue weighted by atomic mass is 16.6. The number of carbonyl (C=O) groups is 1. The van der Waals surface area contributed by atoms with Crippen molar-refractivity contribution < 1.29 is 29.0 Å². The number of hydrogen-bond donors (Lipinski definition) is 2. The molecule has 1 aliphatic rings. The fourth-order valence-electron chi connectivity index (χ4n) is 3.87. The molecule has 0 heterocycles. The van der Waals surface area contributed by atoms with Crippen molar-refractivity contribution in [2.75, 3.05) is 33.3 Å². The molecule has 3 rings (SSSR count). The van der Waals surface area contributed by atoms with Crippen LogP contribution < -0.4 is 19.5 Å². The van der Waals surface area contributed by atoms with Crippen LogP contribution >= 0.6 is 0 Å². The standard InChI is InChI=1S/C21H24N2O7/c1-28-17-10-13(11-18(29-2)19(17)30-3)14-12-21(14,8-9-24)20(25)22-15-6-4-5-7-16(15)23(26)27/h4-7,10-11,14,24H,8-9,12H2,1-3H3,(H,22,25). The van der Waals surface area contributed by atoms with Gasteiger partial charge in [-0.2, -0.15) is 0 Å². The van der Waals surface area contributed by atoms with Crippen molar-refractivity contribution in [3.63, 3.8) is 0 Å². The van der Waals surface area contributed by atoms with E-state index in [-0.39, 0.29) is 36.2 Å². The first-order valence-electron chi connectivity index (χ1n) is 9.37. The molecule has 0 spiro atoms. The van der Waals surface area contributed by atoms with E-state index in [4.69, 9.17) is 14.2 Å². The molecule has 0 aliphatic heterocycles. The number of anilines is 1. The summed E-state index contributed by atoms with van der Waals surface area (Å²) < 4.78 is 16.1. The average molecular weight is 416 g/mol. The van der Waals surface area contributed by atoms with Crippen molar-refractivity contribution in [1.29, 1.82) is 0 Å². The van der Waals surface area contributed by atoms with Gasteiger partial charge in [0.1, 0.15) is 5.69 Å². The fraction of sp³-hybridized carbons (Fsp3) is 0.381. The van der Waals surface area contributed by atoms with Gasteiger partial charge in [0.05, 0.1) is 31.7 Å². The molecular formula is C21H24N2O7. The van der Waals surface area contributed by atoms with Gasteiger partial charge in [0, 0.05) is 12.7 Å². The van der Waals surface area contributed by atoms with E-state index in [0.717, 1.165) is 5.56 Å². The molecule has 1 amide bonds. The van der Waals surface area contributed by atoms with E-state index < -0.39 is 10.3 Å². The number of nitrogens with one attached hydrogen (secondary N) is 1. The SMILES string of the molecule is COc1cc(C2CC2(CCO)C(=O)Nc2ccccc2[N+](=O)[O-])cc(OC)c1OC. The number of rotatable bonds is 9. The van der Waals surface area contributed by atoms with Crippen LogP contribution in [0, 0.1) is 15.5 Å². The van der Waals surface area contributed by atoms with Crippen LogP contribution in [0.15, 0.2) is 36.4 Å². The van der Waals surface area contributed by atoms with Gasteiger partial charge in [-0.05, 0) is 42.5 Å². The van der Waals surface area contributed by atoms with Gasteiger partial charge in [0.25, 0.3) is 5.69 Å². The van der Waals surface area contributed by atoms with Gasteiger partial charge in [-0.3, -0.25) is 14.9 Å². The second kappa shape index (κ2) is 8.58. The lowest BCUT2D eigenvalue weighted by Gasteiger charge is -2.18. The second-order valence-electron chi connectivity index (χ2n) is 7.07. The number of nitro benzene ring substituents is 1. The third-order valence-electron chi connectivity index (χ3n) is 5.52. The van der Waals surface area contributed by atoms with Gasteiger partial charge in [-0.1, -0.05) is 12.1 Å². The van der Waals surface area contributed by atoms with Crippen molar-refractivity contribution >= 4 is 17.3 Å². The molecule has 0 bridgehead atoms. The summed E-state index contributed by atoms with van der Waals surface area (Å²) in [5, 5.41) is 23.5. The topological polar surface area (TPSA) is 120 Å². The summed E-state index contributed by atoms with van der Waals surface area (Å²) in [7, 11) is 4.53. The minimum atomic E-state index is -0.886. The van der Waals surface area contributed by atoms with Crippen LogP contribution in [-0.2, 0) is 4.79 Å². The maximum Gasteiger partial charge on any atom is 0.292 e. The molecular weight excluding hydrogens is 392 g/mol. The lowest BCUT2D eigenvalue weighted by atomic mass is 9.94. The van der Waals surface area contributed by atoms with E-state index in [0.29, 0.717) is 23.7 Å². The molecule has 1 fully saturated rings. The zero-order valence-corrected chi connectivity index (χ0v) is 17.0. The molecule has 160 valence electrons. The van der Waals surface area contributed by atoms with Gasteiger partial charge >= 0.3 is 0 Å². The molecule has 2 unspecified atom stereocenters. The molecule has 2 aromatic rings. The molecule has 9 nitrogen and oxygen atoms in total. The minimum Gasteiger partial charge on any atom is -0.493 e. The molecule has 2 atom stereocenters. The van der Waals surface area contributed by atoms with Crippen LogP contribution in [0.4, 0.5) is 11.4 Å². The van der Waals surface area contributed by atoms with Crippen LogP contribution in [-0.4, -0.2) is 43.9 Å². The minimum absolute atomic E-state index is 0.125. The van der Waals surface area contributed by atoms with E-state index in [1.54, 1.807) is 18.2 Å². The molecule has 2 N–H and O–H groups in total. The van der Waals surface area contributed by atoms with Crippen LogP contribution in [0.3, 0.4) is 0 Å². The number of hydrogen-bond acceptors (Lipinski definition) is 7. The first kappa shape index (κ1) is 21.4. The van der Waals surface area contributed by atoms with Crippen LogP contribution in [0.1, 0.15) is 24.3 Å². The molecule has 30 heavy (non-hydrogen) atoms. The number of benzene rings is 2. The average Bonchev–Trinajstić information content (AvgIpc) is 3.48. The molecule has 1 saturated carbocycles. The smallest absolute Gasteiger partial charge is 0.292 e. The molecule has 1 aliphatic carbocycles. The predicted octanol–water partition coefficient (Wildman–Crippen LogP) is 3.12. The number of methoxy groups -OCH3 is 3. The summed E-state index contributed by atoms with van der Waals surface area (Å²) in [4.78, 5) is 23.9. The monoisotopic (exact) mass is 416 g/mol. The van der Waals surface area contributed by atoms with Gasteiger partial charge in [-0.15, -0.1) is 0 Å². The fourth-order valence-corrected chi connectivity index (χ4v) is 3.87. The number of ether oxygens (including phenoxy) is 3. The number of nitrogens with zero attached hydrogens (tertiary/aromatic N) is 1. The van der Waals surface area contributed by atoms with Crippen molar-refractivity contribution in [2.24, 2.45) is 5.41 Å². The van der Waals surface area contributed by atoms with E-state index in [1.165, 1.54) is 39.5 Å². The molecule has 2 aromatic carbocycles. The maximum atomic E-state index is 13.1. The molecule has 0 aromatic heterocycles. The highest BCUT2D eigenvalue weighted by Gasteiger charge is 2.60. The lowest BCUT2D eigenvalue weighted by molar-refractivity contribution is -0.383. The summed E-state index contributed by atoms with van der Waals surface area (Å²) in [6.45, 7) is -0.189. The summed E-state index contributed by atoms with van der Waals surface area (Å²) in [6, 6.07) is 9.53. The second-order valence-corrected chi connectivity index (χ2v) is 7.07. The Morgan fingerprint density at radius 2 is 1.83 bits per heavy atom. The van der Waals surface area contributed by atoms with E-state index in [9.17, 15) is 20.0 Å². The van der Waals surface area contributed by atoms with Crippen molar-refractivity contribution in [1.82, 2.24) is 0 Å². The number of para-hydroxylation sites is 2. The zero-order valence-electron chi connectivity index (χ0n) is 17.0. The van der Waals surface area contributed by atoms with Crippen molar-refractivity contribution in [3.8, 4) is 17.2 Å². The van der Waals surface area contributed by atoms with Crippen LogP contribution in [0.2, 0.25) is 0 Å². The van der Waals surface area contributed by atoms with Crippen molar-refractivity contribution in [3.05, 3.63) is 52.1 Å². The molecule has 0 saturated heterocycles. The Bertz CT molecular complexity index is 937. The normalized spacial score (nSPS) is 19.7. The Balaban J connectivity index is 1.93. The first-order chi connectivity index (χ1) is 14.4. The Labute approximate surface area is 173 Å². The number of aliphatic hydroxyl groups excluding tert-OH is 1. The summed E-state index contributed by atoms with van der Waals surface area (Å²) in [5.74, 6) is 0.804. The van der Waals surface area contributed by atoms with Gasteiger partial charge in [0.2, 0.25) is 11.7 Å². The van der Waals surface area contributed by atoms with Crippen LogP contribution in [0.5, 0.6) is 17.2 Å². The maximum absolute atomic E-state index is 13.1. The summed E-state index contributed by atoms with van der Waals surface area (Å²) in [6.07, 6.45) is 0.708. The third-order valence-corrected chi connectivity index (χ3v) is 5.52. The highest BCUT2D eigenvalue weighted by molar-refractivity contribution is 6.00. The first-order valence-corrected chi connectivity index (χ1v) is 9.37. The number of amides is 1. The number of carbonyl (C=O) groups excluding carboxylic acids is 1. The number of nitro groups is 1. The Morgan fingerprint density at radius 3 is 2.37 bits per heavy atom. The zero-order chi connectivity index (χ0) is 21.9. The third kappa shape index (κ3) is 3.76. The quantitative estimate of drug-likeness (QED) is 0.476. The molecule has 0 radical (unpaired) electrons. The highest BCUT2D eigenvalue weighted by Crippen LogP contribution is 2.63. The van der Waals surface area contributed by atoms with Gasteiger partial charge in [-0.25, -0.2) is 0 Å². The lowest BCUT2D eigenvalue weighted by Crippen LogP contribution is -2.27. The molecule has 9 heteroatoms. The van der Waals surface area contributed by atoms with E-state index >= 15 is 0 Å². The predicted molar refractivity (Wildman–Crippen MR) is 109 cm³/mol.